The minimum Gasteiger partial charge on any atom is -0.425 e. The molecular weight excluding hydrogens is 362 g/mol. The maximum atomic E-state index is 13.2. The standard InChI is InChI=1S/C20H29N3O3S/c1-14-8-9-15(2)17(11-14)27(24,25)23-10-6-7-16(13-23)19-22-21-18(26-19)12-20(3,4)5/h8-9,11,16H,6-7,10,12-13H2,1-5H3. The van der Waals surface area contributed by atoms with Crippen molar-refractivity contribution in [3.63, 3.8) is 0 Å². The lowest BCUT2D eigenvalue weighted by molar-refractivity contribution is 0.274. The number of piperidine rings is 1. The molecule has 1 fully saturated rings. The third-order valence-corrected chi connectivity index (χ3v) is 6.87. The van der Waals surface area contributed by atoms with E-state index >= 15 is 0 Å². The summed E-state index contributed by atoms with van der Waals surface area (Å²) in [7, 11) is -3.53. The van der Waals surface area contributed by atoms with Crippen LogP contribution < -0.4 is 0 Å². The van der Waals surface area contributed by atoms with E-state index in [0.29, 0.717) is 36.2 Å². The van der Waals surface area contributed by atoms with Gasteiger partial charge < -0.3 is 4.42 Å². The highest BCUT2D eigenvalue weighted by molar-refractivity contribution is 7.89. The van der Waals surface area contributed by atoms with Crippen molar-refractivity contribution in [1.82, 2.24) is 14.5 Å². The summed E-state index contributed by atoms with van der Waals surface area (Å²) in [6.45, 7) is 11.0. The molecule has 0 bridgehead atoms. The summed E-state index contributed by atoms with van der Waals surface area (Å²) >= 11 is 0. The highest BCUT2D eigenvalue weighted by Crippen LogP contribution is 2.31. The molecule has 27 heavy (non-hydrogen) atoms. The van der Waals surface area contributed by atoms with Gasteiger partial charge in [-0.1, -0.05) is 32.9 Å². The summed E-state index contributed by atoms with van der Waals surface area (Å²) in [4.78, 5) is 0.391. The Morgan fingerprint density at radius 1 is 1.22 bits per heavy atom. The van der Waals surface area contributed by atoms with Crippen molar-refractivity contribution in [2.75, 3.05) is 13.1 Å². The van der Waals surface area contributed by atoms with Crippen molar-refractivity contribution in [1.29, 1.82) is 0 Å². The van der Waals surface area contributed by atoms with Crippen LogP contribution in [0.15, 0.2) is 27.5 Å². The van der Waals surface area contributed by atoms with Crippen LogP contribution >= 0.6 is 0 Å². The lowest BCUT2D eigenvalue weighted by Crippen LogP contribution is -2.39. The van der Waals surface area contributed by atoms with E-state index in [1.807, 2.05) is 26.0 Å². The normalized spacial score (nSPS) is 19.4. The molecule has 6 nitrogen and oxygen atoms in total. The number of aryl methyl sites for hydroxylation is 2. The smallest absolute Gasteiger partial charge is 0.243 e. The first-order valence-corrected chi connectivity index (χ1v) is 10.9. The molecule has 1 aliphatic rings. The quantitative estimate of drug-likeness (QED) is 0.791. The first-order chi connectivity index (χ1) is 12.6. The van der Waals surface area contributed by atoms with Gasteiger partial charge >= 0.3 is 0 Å². The predicted molar refractivity (Wildman–Crippen MR) is 104 cm³/mol. The van der Waals surface area contributed by atoms with Crippen molar-refractivity contribution in [2.45, 2.75) is 64.7 Å². The molecule has 1 aromatic heterocycles. The van der Waals surface area contributed by atoms with Crippen LogP contribution in [0, 0.1) is 19.3 Å². The van der Waals surface area contributed by atoms with Gasteiger partial charge in [-0.05, 0) is 49.3 Å². The summed E-state index contributed by atoms with van der Waals surface area (Å²) in [6, 6.07) is 5.55. The summed E-state index contributed by atoms with van der Waals surface area (Å²) in [5, 5.41) is 8.37. The van der Waals surface area contributed by atoms with Crippen LogP contribution in [0.2, 0.25) is 0 Å². The zero-order chi connectivity index (χ0) is 19.8. The second-order valence-corrected chi connectivity index (χ2v) is 10.6. The fourth-order valence-electron chi connectivity index (χ4n) is 3.44. The number of hydrogen-bond donors (Lipinski definition) is 0. The third kappa shape index (κ3) is 4.58. The van der Waals surface area contributed by atoms with Crippen LogP contribution in [0.3, 0.4) is 0 Å². The highest BCUT2D eigenvalue weighted by atomic mass is 32.2. The number of hydrogen-bond acceptors (Lipinski definition) is 5. The van der Waals surface area contributed by atoms with Crippen LogP contribution in [0.25, 0.3) is 0 Å². The average molecular weight is 392 g/mol. The Bertz CT molecular complexity index is 913. The maximum absolute atomic E-state index is 13.2. The van der Waals surface area contributed by atoms with Crippen LogP contribution in [0.5, 0.6) is 0 Å². The Kier molecular flexibility index (Phi) is 5.45. The van der Waals surface area contributed by atoms with E-state index in [4.69, 9.17) is 4.42 Å². The first kappa shape index (κ1) is 20.0. The van der Waals surface area contributed by atoms with Crippen LogP contribution in [-0.2, 0) is 16.4 Å². The SMILES string of the molecule is Cc1ccc(C)c(S(=O)(=O)N2CCCC(c3nnc(CC(C)(C)C)o3)C2)c1. The number of nitrogens with zero attached hydrogens (tertiary/aromatic N) is 3. The first-order valence-electron chi connectivity index (χ1n) is 9.46. The molecule has 0 saturated carbocycles. The number of benzene rings is 1. The molecule has 1 aromatic carbocycles. The summed E-state index contributed by atoms with van der Waals surface area (Å²) in [6.07, 6.45) is 2.35. The summed E-state index contributed by atoms with van der Waals surface area (Å²) < 4.78 is 33.8. The molecule has 0 N–H and O–H groups in total. The maximum Gasteiger partial charge on any atom is 0.243 e. The molecule has 1 atom stereocenters. The highest BCUT2D eigenvalue weighted by Gasteiger charge is 2.34. The van der Waals surface area contributed by atoms with Gasteiger partial charge in [-0.2, -0.15) is 4.31 Å². The van der Waals surface area contributed by atoms with Crippen LogP contribution in [0.1, 0.15) is 62.4 Å². The van der Waals surface area contributed by atoms with Gasteiger partial charge in [0.25, 0.3) is 0 Å². The van der Waals surface area contributed by atoms with E-state index in [2.05, 4.69) is 31.0 Å². The zero-order valence-corrected chi connectivity index (χ0v) is 17.6. The van der Waals surface area contributed by atoms with Gasteiger partial charge in [-0.15, -0.1) is 10.2 Å². The van der Waals surface area contributed by atoms with E-state index in [1.165, 1.54) is 0 Å². The number of aromatic nitrogens is 2. The Morgan fingerprint density at radius 3 is 2.67 bits per heavy atom. The van der Waals surface area contributed by atoms with E-state index in [-0.39, 0.29) is 11.3 Å². The largest absolute Gasteiger partial charge is 0.425 e. The minimum atomic E-state index is -3.53. The predicted octanol–water partition coefficient (Wildman–Crippen LogP) is 3.84. The van der Waals surface area contributed by atoms with Gasteiger partial charge in [0.05, 0.1) is 10.8 Å². The molecule has 0 aliphatic carbocycles. The van der Waals surface area contributed by atoms with Crippen molar-refractivity contribution in [2.24, 2.45) is 5.41 Å². The topological polar surface area (TPSA) is 76.3 Å². The van der Waals surface area contributed by atoms with Gasteiger partial charge in [-0.3, -0.25) is 0 Å². The van der Waals surface area contributed by atoms with Gasteiger partial charge in [0.15, 0.2) is 0 Å². The second-order valence-electron chi connectivity index (χ2n) is 8.74. The molecule has 2 heterocycles. The average Bonchev–Trinajstić information content (AvgIpc) is 3.03. The van der Waals surface area contributed by atoms with Crippen molar-refractivity contribution < 1.29 is 12.8 Å². The Hall–Kier alpha value is -1.73. The molecule has 0 spiro atoms. The lowest BCUT2D eigenvalue weighted by atomic mass is 9.92. The monoisotopic (exact) mass is 391 g/mol. The van der Waals surface area contributed by atoms with Gasteiger partial charge in [0.2, 0.25) is 21.8 Å². The van der Waals surface area contributed by atoms with Crippen molar-refractivity contribution in [3.05, 3.63) is 41.1 Å². The molecule has 2 aromatic rings. The van der Waals surface area contributed by atoms with Gasteiger partial charge in [0.1, 0.15) is 0 Å². The van der Waals surface area contributed by atoms with E-state index in [9.17, 15) is 8.42 Å². The van der Waals surface area contributed by atoms with Crippen LogP contribution in [-0.4, -0.2) is 36.0 Å². The molecular formula is C20H29N3O3S. The van der Waals surface area contributed by atoms with Gasteiger partial charge in [-0.25, -0.2) is 8.42 Å². The van der Waals surface area contributed by atoms with Crippen molar-refractivity contribution >= 4 is 10.0 Å². The summed E-state index contributed by atoms with van der Waals surface area (Å²) in [5.74, 6) is 1.11. The number of rotatable bonds is 4. The minimum absolute atomic E-state index is 0.0557. The molecule has 7 heteroatoms. The van der Waals surface area contributed by atoms with E-state index < -0.39 is 10.0 Å². The Balaban J connectivity index is 1.81. The third-order valence-electron chi connectivity index (χ3n) is 4.86. The van der Waals surface area contributed by atoms with Crippen molar-refractivity contribution in [3.8, 4) is 0 Å². The fourth-order valence-corrected chi connectivity index (χ4v) is 5.28. The molecule has 0 radical (unpaired) electrons. The zero-order valence-electron chi connectivity index (χ0n) is 16.8. The molecule has 1 saturated heterocycles. The molecule has 1 aliphatic heterocycles. The molecule has 0 amide bonds. The number of sulfonamides is 1. The fraction of sp³-hybridized carbons (Fsp3) is 0.600. The van der Waals surface area contributed by atoms with Gasteiger partial charge in [0, 0.05) is 19.5 Å². The molecule has 148 valence electrons. The Morgan fingerprint density at radius 2 is 1.96 bits per heavy atom. The summed E-state index contributed by atoms with van der Waals surface area (Å²) in [5.41, 5.74) is 1.78. The van der Waals surface area contributed by atoms with Crippen LogP contribution in [0.4, 0.5) is 0 Å². The van der Waals surface area contributed by atoms with E-state index in [1.54, 1.807) is 10.4 Å². The molecule has 1 unspecified atom stereocenters. The Labute approximate surface area is 162 Å². The molecule has 3 rings (SSSR count). The second kappa shape index (κ2) is 7.36. The van der Waals surface area contributed by atoms with E-state index in [0.717, 1.165) is 24.0 Å². The lowest BCUT2D eigenvalue weighted by Gasteiger charge is -2.30.